The van der Waals surface area contributed by atoms with Crippen LogP contribution in [0.1, 0.15) is 22.5 Å². The maximum Gasteiger partial charge on any atom is 0.540 e. The molecule has 3 aromatic rings. The zero-order valence-corrected chi connectivity index (χ0v) is 23.2. The van der Waals surface area contributed by atoms with E-state index in [4.69, 9.17) is 30.1 Å². The Morgan fingerprint density at radius 2 is 1.58 bits per heavy atom. The summed E-state index contributed by atoms with van der Waals surface area (Å²) in [6.45, 7) is 0.495. The van der Waals surface area contributed by atoms with Crippen LogP contribution in [0.2, 0.25) is 0 Å². The van der Waals surface area contributed by atoms with Crippen LogP contribution in [0.4, 0.5) is 0 Å². The Hall–Kier alpha value is -2.64. The molecule has 36 heavy (non-hydrogen) atoms. The molecule has 1 N–H and O–H groups in total. The Labute approximate surface area is 218 Å². The first-order valence-corrected chi connectivity index (χ1v) is 14.9. The minimum atomic E-state index is -3.46. The summed E-state index contributed by atoms with van der Waals surface area (Å²) >= 11 is 5.51. The summed E-state index contributed by atoms with van der Waals surface area (Å²) in [5, 5.41) is 7.69. The summed E-state index contributed by atoms with van der Waals surface area (Å²) in [4.78, 5) is 0. The number of hydrogen-bond acceptors (Lipinski definition) is 8. The molecule has 0 amide bonds. The van der Waals surface area contributed by atoms with Gasteiger partial charge in [0.05, 0.1) is 20.4 Å². The molecule has 2 unspecified atom stereocenters. The summed E-state index contributed by atoms with van der Waals surface area (Å²) in [7, 11) is 1.26. The van der Waals surface area contributed by atoms with Gasteiger partial charge < -0.3 is 13.8 Å². The zero-order chi connectivity index (χ0) is 26.0. The molecule has 0 fully saturated rings. The van der Waals surface area contributed by atoms with Crippen LogP contribution < -0.4 is 14.6 Å². The van der Waals surface area contributed by atoms with Gasteiger partial charge in [0.15, 0.2) is 5.75 Å². The lowest BCUT2D eigenvalue weighted by atomic mass is 10.2. The molecule has 2 atom stereocenters. The third-order valence-electron chi connectivity index (χ3n) is 5.27. The van der Waals surface area contributed by atoms with E-state index in [1.807, 2.05) is 66.7 Å². The fourth-order valence-electron chi connectivity index (χ4n) is 3.25. The molecule has 0 aliphatic heterocycles. The molecule has 0 saturated carbocycles. The molecule has 0 aliphatic carbocycles. The van der Waals surface area contributed by atoms with Crippen LogP contribution in [-0.2, 0) is 32.0 Å². The second-order valence-corrected chi connectivity index (χ2v) is 12.1. The standard InChI is InChI=1S/C25H30N3O5P2S/c1-28(27-19-21-10-14-23(30-2)15-11-21)34(36)33-24-16-12-22(13-17-24)25(35(29,31-3)32-4)26-18-20-8-6-5-7-9-20/h5-17,19,25-26H,18H2,1-4H3/q+1/b27-19-. The van der Waals surface area contributed by atoms with E-state index in [2.05, 4.69) is 10.4 Å². The highest BCUT2D eigenvalue weighted by Crippen LogP contribution is 2.58. The molecule has 0 heterocycles. The average Bonchev–Trinajstić information content (AvgIpc) is 2.93. The maximum atomic E-state index is 13.3. The van der Waals surface area contributed by atoms with Crippen molar-refractivity contribution in [3.8, 4) is 11.5 Å². The van der Waals surface area contributed by atoms with Crippen molar-refractivity contribution in [1.82, 2.24) is 10.1 Å². The fraction of sp³-hybridized carbons (Fsp3) is 0.240. The highest BCUT2D eigenvalue weighted by Gasteiger charge is 2.35. The Morgan fingerprint density at radius 3 is 2.17 bits per heavy atom. The van der Waals surface area contributed by atoms with E-state index in [9.17, 15) is 4.57 Å². The van der Waals surface area contributed by atoms with Crippen molar-refractivity contribution in [2.24, 2.45) is 5.10 Å². The predicted octanol–water partition coefficient (Wildman–Crippen LogP) is 6.09. The molecule has 3 aromatic carbocycles. The van der Waals surface area contributed by atoms with Crippen molar-refractivity contribution in [3.05, 3.63) is 95.6 Å². The van der Waals surface area contributed by atoms with Gasteiger partial charge in [0, 0.05) is 20.8 Å². The van der Waals surface area contributed by atoms with Crippen LogP contribution in [0.5, 0.6) is 11.5 Å². The van der Waals surface area contributed by atoms with Crippen LogP contribution in [0.15, 0.2) is 84.0 Å². The van der Waals surface area contributed by atoms with E-state index in [-0.39, 0.29) is 0 Å². The molecule has 8 nitrogen and oxygen atoms in total. The Balaban J connectivity index is 1.67. The highest BCUT2D eigenvalue weighted by atomic mass is 32.4. The van der Waals surface area contributed by atoms with Gasteiger partial charge in [-0.3, -0.25) is 14.4 Å². The van der Waals surface area contributed by atoms with Gasteiger partial charge in [0.2, 0.25) is 11.8 Å². The number of nitrogens with zero attached hydrogens (tertiary/aromatic N) is 2. The van der Waals surface area contributed by atoms with Gasteiger partial charge in [-0.1, -0.05) is 47.2 Å². The summed E-state index contributed by atoms with van der Waals surface area (Å²) in [6.07, 6.45) is 1.71. The van der Waals surface area contributed by atoms with Crippen LogP contribution in [-0.4, -0.2) is 39.4 Å². The smallest absolute Gasteiger partial charge is 0.497 e. The summed E-state index contributed by atoms with van der Waals surface area (Å²) in [5.41, 5.74) is 2.71. The van der Waals surface area contributed by atoms with Gasteiger partial charge in [-0.25, -0.2) is 0 Å². The van der Waals surface area contributed by atoms with Crippen molar-refractivity contribution >= 4 is 32.7 Å². The average molecular weight is 547 g/mol. The normalized spacial score (nSPS) is 12.8. The second kappa shape index (κ2) is 13.6. The Bertz CT molecular complexity index is 1190. The number of hydrogen-bond donors (Lipinski definition) is 1. The van der Waals surface area contributed by atoms with Crippen molar-refractivity contribution in [2.45, 2.75) is 12.3 Å². The molecule has 11 heteroatoms. The third kappa shape index (κ3) is 7.68. The minimum absolute atomic E-state index is 0.495. The lowest BCUT2D eigenvalue weighted by Crippen LogP contribution is -2.22. The molecule has 3 rings (SSSR count). The Kier molecular flexibility index (Phi) is 10.6. The van der Waals surface area contributed by atoms with E-state index >= 15 is 0 Å². The third-order valence-corrected chi connectivity index (χ3v) is 9.28. The summed E-state index contributed by atoms with van der Waals surface area (Å²) in [6, 6.07) is 24.6. The summed E-state index contributed by atoms with van der Waals surface area (Å²) < 4.78 is 36.5. The van der Waals surface area contributed by atoms with Crippen LogP contribution in [0.3, 0.4) is 0 Å². The molecule has 0 radical (unpaired) electrons. The predicted molar refractivity (Wildman–Crippen MR) is 147 cm³/mol. The molecule has 0 aliphatic rings. The number of hydrazone groups is 1. The lowest BCUT2D eigenvalue weighted by molar-refractivity contribution is 0.259. The molecule has 190 valence electrons. The maximum absolute atomic E-state index is 13.3. The number of rotatable bonds is 13. The first kappa shape index (κ1) is 27.9. The quantitative estimate of drug-likeness (QED) is 0.157. The topological polar surface area (TPSA) is 81.6 Å². The first-order chi connectivity index (χ1) is 17.4. The van der Waals surface area contributed by atoms with Gasteiger partial charge >= 0.3 is 14.7 Å². The van der Waals surface area contributed by atoms with E-state index in [1.54, 1.807) is 37.3 Å². The first-order valence-electron chi connectivity index (χ1n) is 11.0. The van der Waals surface area contributed by atoms with Crippen LogP contribution >= 0.6 is 14.7 Å². The van der Waals surface area contributed by atoms with Gasteiger partial charge in [0.25, 0.3) is 0 Å². The van der Waals surface area contributed by atoms with E-state index < -0.39 is 20.5 Å². The molecular formula is C25H30N3O5P2S+. The highest BCUT2D eigenvalue weighted by molar-refractivity contribution is 8.02. The molecule has 0 saturated heterocycles. The molecular weight excluding hydrogens is 516 g/mol. The number of methoxy groups -OCH3 is 1. The molecule has 0 aromatic heterocycles. The Morgan fingerprint density at radius 1 is 0.972 bits per heavy atom. The van der Waals surface area contributed by atoms with Crippen molar-refractivity contribution in [3.63, 3.8) is 0 Å². The number of benzene rings is 3. The van der Waals surface area contributed by atoms with Crippen molar-refractivity contribution in [2.75, 3.05) is 28.4 Å². The minimum Gasteiger partial charge on any atom is -0.497 e. The summed E-state index contributed by atoms with van der Waals surface area (Å²) in [5.74, 6) is 0.698. The van der Waals surface area contributed by atoms with Crippen molar-refractivity contribution in [1.29, 1.82) is 0 Å². The number of nitrogens with one attached hydrogen (secondary N) is 1. The molecule has 0 bridgehead atoms. The van der Waals surface area contributed by atoms with Gasteiger partial charge in [0.1, 0.15) is 11.5 Å². The van der Waals surface area contributed by atoms with Gasteiger partial charge in [-0.15, -0.1) is 5.10 Å². The van der Waals surface area contributed by atoms with E-state index in [0.29, 0.717) is 12.3 Å². The lowest BCUT2D eigenvalue weighted by Gasteiger charge is -2.26. The van der Waals surface area contributed by atoms with Gasteiger partial charge in [-0.2, -0.15) is 0 Å². The largest absolute Gasteiger partial charge is 0.540 e. The van der Waals surface area contributed by atoms with Crippen LogP contribution in [0, 0.1) is 0 Å². The fourth-order valence-corrected chi connectivity index (χ4v) is 5.61. The zero-order valence-electron chi connectivity index (χ0n) is 20.6. The monoisotopic (exact) mass is 546 g/mol. The molecule has 0 spiro atoms. The van der Waals surface area contributed by atoms with E-state index in [0.717, 1.165) is 22.4 Å². The van der Waals surface area contributed by atoms with Crippen molar-refractivity contribution < 1.29 is 22.9 Å². The van der Waals surface area contributed by atoms with Crippen LogP contribution in [0.25, 0.3) is 0 Å². The number of ether oxygens (including phenoxy) is 1. The van der Waals surface area contributed by atoms with E-state index in [1.165, 1.54) is 14.2 Å². The second-order valence-electron chi connectivity index (χ2n) is 7.58. The SMILES string of the molecule is COc1ccc(/C=N\N(C)[P+](=S)Oc2ccc(C(NCc3ccccc3)P(=O)(OC)OC)cc2)cc1. The van der Waals surface area contributed by atoms with Gasteiger partial charge in [-0.05, 0) is 53.1 Å².